The van der Waals surface area contributed by atoms with Crippen molar-refractivity contribution in [3.8, 4) is 22.9 Å². The molecule has 0 saturated heterocycles. The van der Waals surface area contributed by atoms with Crippen LogP contribution in [0.5, 0.6) is 11.5 Å². The van der Waals surface area contributed by atoms with Gasteiger partial charge in [-0.05, 0) is 48.0 Å². The number of hydrogen-bond donors (Lipinski definition) is 1. The van der Waals surface area contributed by atoms with E-state index < -0.39 is 5.82 Å². The van der Waals surface area contributed by atoms with Gasteiger partial charge in [-0.2, -0.15) is 0 Å². The number of pyridine rings is 1. The van der Waals surface area contributed by atoms with Crippen LogP contribution in [0.15, 0.2) is 79.4 Å². The Balaban J connectivity index is 1.41. The second kappa shape index (κ2) is 9.00. The number of rotatable bonds is 6. The average Bonchev–Trinajstić information content (AvgIpc) is 3.21. The molecule has 0 atom stereocenters. The van der Waals surface area contributed by atoms with E-state index in [9.17, 15) is 9.18 Å². The Bertz CT molecular complexity index is 1240. The number of nitrogens with one attached hydrogen (secondary N) is 1. The van der Waals surface area contributed by atoms with E-state index in [1.165, 1.54) is 30.5 Å². The van der Waals surface area contributed by atoms with E-state index in [-0.39, 0.29) is 11.7 Å². The summed E-state index contributed by atoms with van der Waals surface area (Å²) in [5.41, 5.74) is 1.97. The van der Waals surface area contributed by atoms with E-state index in [1.807, 2.05) is 19.2 Å². The smallest absolute Gasteiger partial charge is 0.248 e. The Kier molecular flexibility index (Phi) is 5.79. The molecule has 0 bridgehead atoms. The van der Waals surface area contributed by atoms with Crippen LogP contribution in [0.25, 0.3) is 17.5 Å². The van der Waals surface area contributed by atoms with Gasteiger partial charge in [0.15, 0.2) is 17.4 Å². The molecule has 1 amide bonds. The van der Waals surface area contributed by atoms with Gasteiger partial charge in [-0.3, -0.25) is 9.78 Å². The van der Waals surface area contributed by atoms with Gasteiger partial charge in [0.05, 0.1) is 6.20 Å². The van der Waals surface area contributed by atoms with Crippen LogP contribution in [0.4, 0.5) is 10.1 Å². The zero-order chi connectivity index (χ0) is 21.6. The number of carbonyl (C=O) groups is 1. The predicted molar refractivity (Wildman–Crippen MR) is 115 cm³/mol. The Morgan fingerprint density at radius 1 is 1.16 bits per heavy atom. The molecular weight excluding hydrogens is 397 g/mol. The van der Waals surface area contributed by atoms with Gasteiger partial charge in [0.2, 0.25) is 5.91 Å². The summed E-state index contributed by atoms with van der Waals surface area (Å²) in [5, 5.41) is 10.7. The van der Waals surface area contributed by atoms with Crippen molar-refractivity contribution in [2.45, 2.75) is 0 Å². The molecule has 2 aromatic carbocycles. The molecule has 8 heteroatoms. The predicted octanol–water partition coefficient (Wildman–Crippen LogP) is 4.46. The Morgan fingerprint density at radius 3 is 2.81 bits per heavy atom. The van der Waals surface area contributed by atoms with Crippen LogP contribution in [0.3, 0.4) is 0 Å². The Labute approximate surface area is 177 Å². The number of benzene rings is 2. The van der Waals surface area contributed by atoms with Gasteiger partial charge in [0.25, 0.3) is 0 Å². The number of halogens is 1. The maximum Gasteiger partial charge on any atom is 0.248 e. The highest BCUT2D eigenvalue weighted by molar-refractivity contribution is 6.02. The maximum absolute atomic E-state index is 14.3. The third-order valence-electron chi connectivity index (χ3n) is 4.34. The van der Waals surface area contributed by atoms with E-state index in [2.05, 4.69) is 20.5 Å². The molecule has 2 heterocycles. The van der Waals surface area contributed by atoms with E-state index in [4.69, 9.17) is 4.74 Å². The van der Waals surface area contributed by atoms with E-state index >= 15 is 0 Å². The summed E-state index contributed by atoms with van der Waals surface area (Å²) < 4.78 is 21.6. The third kappa shape index (κ3) is 4.99. The summed E-state index contributed by atoms with van der Waals surface area (Å²) in [7, 11) is 1.84. The first kappa shape index (κ1) is 20.0. The Morgan fingerprint density at radius 2 is 2.06 bits per heavy atom. The largest absolute Gasteiger partial charge is 0.453 e. The molecule has 1 N–H and O–H groups in total. The van der Waals surface area contributed by atoms with Crippen molar-refractivity contribution in [3.05, 3.63) is 90.8 Å². The lowest BCUT2D eigenvalue weighted by atomic mass is 10.1. The van der Waals surface area contributed by atoms with Crippen molar-refractivity contribution in [1.29, 1.82) is 0 Å². The minimum absolute atomic E-state index is 0.0789. The molecule has 0 spiro atoms. The van der Waals surface area contributed by atoms with Crippen molar-refractivity contribution >= 4 is 17.7 Å². The summed E-state index contributed by atoms with van der Waals surface area (Å²) in [6.07, 6.45) is 7.57. The monoisotopic (exact) mass is 415 g/mol. The zero-order valence-electron chi connectivity index (χ0n) is 16.6. The average molecular weight is 415 g/mol. The summed E-state index contributed by atoms with van der Waals surface area (Å²) in [5.74, 6) is 0.326. The first-order valence-electron chi connectivity index (χ1n) is 9.39. The van der Waals surface area contributed by atoms with Gasteiger partial charge in [-0.25, -0.2) is 4.39 Å². The molecule has 0 aliphatic heterocycles. The number of amides is 1. The molecule has 2 aromatic heterocycles. The van der Waals surface area contributed by atoms with Gasteiger partial charge in [0, 0.05) is 30.6 Å². The molecule has 4 rings (SSSR count). The number of carbonyl (C=O) groups excluding carboxylic acids is 1. The molecule has 0 saturated carbocycles. The third-order valence-corrected chi connectivity index (χ3v) is 4.34. The topological polar surface area (TPSA) is 81.9 Å². The summed E-state index contributed by atoms with van der Waals surface area (Å²) in [4.78, 5) is 16.2. The van der Waals surface area contributed by atoms with Crippen molar-refractivity contribution in [2.24, 2.45) is 7.05 Å². The van der Waals surface area contributed by atoms with Crippen LogP contribution < -0.4 is 10.1 Å². The van der Waals surface area contributed by atoms with Gasteiger partial charge < -0.3 is 14.6 Å². The molecule has 0 unspecified atom stereocenters. The first-order valence-corrected chi connectivity index (χ1v) is 9.39. The fourth-order valence-electron chi connectivity index (χ4n) is 2.87. The highest BCUT2D eigenvalue weighted by atomic mass is 19.1. The SMILES string of the molecule is Cn1cnnc1-c1cccc(NC(=O)/C=C/c2ccc(Oc3cccnc3)c(F)c2)c1. The van der Waals surface area contributed by atoms with Crippen LogP contribution in [-0.2, 0) is 11.8 Å². The van der Waals surface area contributed by atoms with Crippen LogP contribution in [-0.4, -0.2) is 25.7 Å². The quantitative estimate of drug-likeness (QED) is 0.470. The number of aromatic nitrogens is 4. The minimum Gasteiger partial charge on any atom is -0.453 e. The fraction of sp³-hybridized carbons (Fsp3) is 0.0435. The summed E-state index contributed by atoms with van der Waals surface area (Å²) in [6.45, 7) is 0. The van der Waals surface area contributed by atoms with Crippen LogP contribution in [0, 0.1) is 5.82 Å². The molecule has 0 fully saturated rings. The molecule has 7 nitrogen and oxygen atoms in total. The lowest BCUT2D eigenvalue weighted by Gasteiger charge is -2.07. The van der Waals surface area contributed by atoms with Crippen LogP contribution >= 0.6 is 0 Å². The number of ether oxygens (including phenoxy) is 1. The van der Waals surface area contributed by atoms with Gasteiger partial charge in [-0.15, -0.1) is 10.2 Å². The highest BCUT2D eigenvalue weighted by Crippen LogP contribution is 2.25. The molecule has 31 heavy (non-hydrogen) atoms. The van der Waals surface area contributed by atoms with Crippen molar-refractivity contribution < 1.29 is 13.9 Å². The van der Waals surface area contributed by atoms with Gasteiger partial charge in [-0.1, -0.05) is 18.2 Å². The van der Waals surface area contributed by atoms with Crippen molar-refractivity contribution in [2.75, 3.05) is 5.32 Å². The highest BCUT2D eigenvalue weighted by Gasteiger charge is 2.07. The Hall–Kier alpha value is -4.33. The van der Waals surface area contributed by atoms with Crippen LogP contribution in [0.2, 0.25) is 0 Å². The molecular formula is C23H18FN5O2. The second-order valence-corrected chi connectivity index (χ2v) is 6.65. The molecule has 4 aromatic rings. The minimum atomic E-state index is -0.539. The number of anilines is 1. The number of aryl methyl sites for hydroxylation is 1. The second-order valence-electron chi connectivity index (χ2n) is 6.65. The number of nitrogens with zero attached hydrogens (tertiary/aromatic N) is 4. The zero-order valence-corrected chi connectivity index (χ0v) is 16.6. The van der Waals surface area contributed by atoms with E-state index in [0.29, 0.717) is 22.8 Å². The van der Waals surface area contributed by atoms with Gasteiger partial charge in [0.1, 0.15) is 12.1 Å². The summed E-state index contributed by atoms with van der Waals surface area (Å²) >= 11 is 0. The van der Waals surface area contributed by atoms with Crippen LogP contribution in [0.1, 0.15) is 5.56 Å². The normalized spacial score (nSPS) is 10.9. The molecule has 0 aliphatic rings. The standard InChI is InChI=1S/C23H18FN5O2/c1-29-15-26-28-23(29)17-4-2-5-18(13-17)27-22(30)10-8-16-7-9-21(20(24)12-16)31-19-6-3-11-25-14-19/h2-15H,1H3,(H,27,30)/b10-8+. The lowest BCUT2D eigenvalue weighted by molar-refractivity contribution is -0.111. The van der Waals surface area contributed by atoms with Gasteiger partial charge >= 0.3 is 0 Å². The molecule has 0 radical (unpaired) electrons. The van der Waals surface area contributed by atoms with Crippen molar-refractivity contribution in [3.63, 3.8) is 0 Å². The maximum atomic E-state index is 14.3. The lowest BCUT2D eigenvalue weighted by Crippen LogP contribution is -2.07. The molecule has 0 aliphatic carbocycles. The fourth-order valence-corrected chi connectivity index (χ4v) is 2.87. The number of hydrogen-bond acceptors (Lipinski definition) is 5. The summed E-state index contributed by atoms with van der Waals surface area (Å²) in [6, 6.07) is 15.1. The molecule has 154 valence electrons. The van der Waals surface area contributed by atoms with E-state index in [1.54, 1.807) is 47.4 Å². The first-order chi connectivity index (χ1) is 15.1. The van der Waals surface area contributed by atoms with Crippen molar-refractivity contribution in [1.82, 2.24) is 19.7 Å². The van der Waals surface area contributed by atoms with E-state index in [0.717, 1.165) is 5.56 Å².